The number of amides is 1. The van der Waals surface area contributed by atoms with Crippen molar-refractivity contribution in [1.82, 2.24) is 0 Å². The second-order valence-corrected chi connectivity index (χ2v) is 10.5. The number of aryl methyl sites for hydroxylation is 1. The van der Waals surface area contributed by atoms with Gasteiger partial charge in [0.1, 0.15) is 0 Å². The van der Waals surface area contributed by atoms with Crippen molar-refractivity contribution in [2.24, 2.45) is 0 Å². The first kappa shape index (κ1) is 38.2. The summed E-state index contributed by atoms with van der Waals surface area (Å²) in [5, 5.41) is 30.8. The predicted octanol–water partition coefficient (Wildman–Crippen LogP) is 5.16. The molecule has 4 N–H and O–H groups in total. The van der Waals surface area contributed by atoms with E-state index in [4.69, 9.17) is 10.2 Å². The normalized spacial score (nSPS) is 11.9. The van der Waals surface area contributed by atoms with Crippen LogP contribution in [0.3, 0.4) is 0 Å². The first-order valence-electron chi connectivity index (χ1n) is 13.1. The van der Waals surface area contributed by atoms with E-state index in [0.717, 1.165) is 23.3 Å². The fourth-order valence-corrected chi connectivity index (χ4v) is 5.35. The van der Waals surface area contributed by atoms with Gasteiger partial charge in [-0.05, 0) is 55.0 Å². The number of carbonyl (C=O) groups excluding carboxylic acids is 1. The molecule has 0 radical (unpaired) electrons. The number of carbonyl (C=O) groups is 3. The van der Waals surface area contributed by atoms with E-state index in [1.54, 1.807) is 18.2 Å². The maximum absolute atomic E-state index is 11.5. The number of unbranched alkanes of at least 4 members (excludes halogenated alkanes) is 6. The van der Waals surface area contributed by atoms with Crippen LogP contribution in [0.2, 0.25) is 0 Å². The number of hydrogen-bond acceptors (Lipinski definition) is 5. The van der Waals surface area contributed by atoms with Crippen LogP contribution in [-0.2, 0) is 20.8 Å². The van der Waals surface area contributed by atoms with Gasteiger partial charge in [0.2, 0.25) is 0 Å². The van der Waals surface area contributed by atoms with Gasteiger partial charge < -0.3 is 20.6 Å². The molecule has 1 amide bonds. The summed E-state index contributed by atoms with van der Waals surface area (Å²) in [5.41, 5.74) is 2.53. The summed E-state index contributed by atoms with van der Waals surface area (Å²) in [6.07, 6.45) is 9.73. The molecule has 0 spiro atoms. The van der Waals surface area contributed by atoms with E-state index in [2.05, 4.69) is 24.4 Å². The molecule has 7 nitrogen and oxygen atoms in total. The van der Waals surface area contributed by atoms with Gasteiger partial charge in [0.05, 0.1) is 11.4 Å². The number of carboxylic acid groups (broad SMARTS) is 2. The van der Waals surface area contributed by atoms with Crippen molar-refractivity contribution in [2.75, 3.05) is 5.32 Å². The van der Waals surface area contributed by atoms with Crippen LogP contribution in [0.1, 0.15) is 87.5 Å². The molecule has 0 fully saturated rings. The molecule has 206 valence electrons. The molecule has 0 aliphatic carbocycles. The molecule has 0 aliphatic rings. The zero-order chi connectivity index (χ0) is 27.0. The van der Waals surface area contributed by atoms with E-state index in [9.17, 15) is 19.5 Å². The van der Waals surface area contributed by atoms with Crippen LogP contribution in [0.4, 0.5) is 5.69 Å². The van der Waals surface area contributed by atoms with Crippen molar-refractivity contribution >= 4 is 94.4 Å². The zero-order valence-corrected chi connectivity index (χ0v) is 22.3. The number of thioether (sulfide) groups is 1. The molecule has 0 aromatic heterocycles. The summed E-state index contributed by atoms with van der Waals surface area (Å²) in [6, 6.07) is 15.0. The quantitative estimate of drug-likeness (QED) is 0.0887. The Morgan fingerprint density at radius 1 is 0.872 bits per heavy atom. The van der Waals surface area contributed by atoms with Crippen LogP contribution in [0.25, 0.3) is 0 Å². The van der Waals surface area contributed by atoms with E-state index < -0.39 is 23.9 Å². The standard InChI is InChI=1S/C29H39NO6S.2Na.2H/c1-2-3-4-5-6-7-8-11-21-16-18-22(19-17-21)27(25(31)14-10-15-26(32)33)37-24-13-9-12-23(20-24)30-28(34)29(35)36;;;;/h9,12-13,16-20,25,27,31H,2-8,10-11,14-15H2,1H3,(H,30,34)(H,32,33)(H,35,36);;;;. The fraction of sp³-hybridized carbons (Fsp3) is 0.483. The molecule has 10 heteroatoms. The van der Waals surface area contributed by atoms with Gasteiger partial charge in [-0.2, -0.15) is 0 Å². The summed E-state index contributed by atoms with van der Waals surface area (Å²) in [5.74, 6) is -3.58. The van der Waals surface area contributed by atoms with E-state index in [1.807, 2.05) is 18.2 Å². The number of hydrogen-bond donors (Lipinski definition) is 4. The average Bonchev–Trinajstić information content (AvgIpc) is 2.87. The first-order valence-corrected chi connectivity index (χ1v) is 14.0. The molecule has 0 saturated heterocycles. The van der Waals surface area contributed by atoms with Crippen molar-refractivity contribution in [3.8, 4) is 0 Å². The predicted molar refractivity (Wildman–Crippen MR) is 161 cm³/mol. The van der Waals surface area contributed by atoms with E-state index in [0.29, 0.717) is 18.5 Å². The van der Waals surface area contributed by atoms with Crippen LogP contribution in [-0.4, -0.2) is 98.4 Å². The Labute approximate surface area is 280 Å². The zero-order valence-electron chi connectivity index (χ0n) is 21.5. The molecule has 2 unspecified atom stereocenters. The van der Waals surface area contributed by atoms with Gasteiger partial charge in [-0.25, -0.2) is 4.79 Å². The molecule has 2 rings (SSSR count). The summed E-state index contributed by atoms with van der Waals surface area (Å²) in [7, 11) is 0. The third-order valence-electron chi connectivity index (χ3n) is 6.17. The Balaban J connectivity index is 0.00000722. The fourth-order valence-electron chi connectivity index (χ4n) is 4.12. The molecule has 2 aromatic carbocycles. The maximum atomic E-state index is 11.5. The Morgan fingerprint density at radius 2 is 1.51 bits per heavy atom. The first-order chi connectivity index (χ1) is 17.8. The average molecular weight is 578 g/mol. The van der Waals surface area contributed by atoms with Crippen molar-refractivity contribution in [2.45, 2.75) is 93.8 Å². The second kappa shape index (κ2) is 21.8. The topological polar surface area (TPSA) is 124 Å². The third kappa shape index (κ3) is 15.7. The number of aliphatic carboxylic acids is 2. The van der Waals surface area contributed by atoms with Gasteiger partial charge in [-0.3, -0.25) is 9.59 Å². The van der Waals surface area contributed by atoms with E-state index in [1.165, 1.54) is 55.9 Å². The van der Waals surface area contributed by atoms with Crippen LogP contribution < -0.4 is 5.32 Å². The van der Waals surface area contributed by atoms with Gasteiger partial charge >= 0.3 is 77.0 Å². The van der Waals surface area contributed by atoms with Gasteiger partial charge in [-0.1, -0.05) is 75.8 Å². The number of benzene rings is 2. The second-order valence-electron chi connectivity index (χ2n) is 9.29. The Hall–Kier alpha value is -0.840. The van der Waals surface area contributed by atoms with E-state index >= 15 is 0 Å². The molecular formula is C29H41NNa2O6S. The number of aliphatic hydroxyl groups is 1. The molecular weight excluding hydrogens is 536 g/mol. The molecule has 39 heavy (non-hydrogen) atoms. The monoisotopic (exact) mass is 577 g/mol. The summed E-state index contributed by atoms with van der Waals surface area (Å²) in [6.45, 7) is 2.22. The Kier molecular flexibility index (Phi) is 21.4. The Morgan fingerprint density at radius 3 is 2.13 bits per heavy atom. The SMILES string of the molecule is CCCCCCCCCc1ccc(C(Sc2cccc(NC(=O)C(=O)O)c2)C(O)CCCC(=O)O)cc1.[NaH].[NaH]. The van der Waals surface area contributed by atoms with E-state index in [-0.39, 0.29) is 70.8 Å². The summed E-state index contributed by atoms with van der Waals surface area (Å²) in [4.78, 5) is 34.1. The minimum atomic E-state index is -1.57. The van der Waals surface area contributed by atoms with Gasteiger partial charge in [-0.15, -0.1) is 11.8 Å². The number of rotatable bonds is 17. The van der Waals surface area contributed by atoms with Crippen LogP contribution in [0.5, 0.6) is 0 Å². The van der Waals surface area contributed by atoms with Crippen molar-refractivity contribution in [1.29, 1.82) is 0 Å². The number of nitrogens with one attached hydrogen (secondary N) is 1. The van der Waals surface area contributed by atoms with Crippen LogP contribution >= 0.6 is 11.8 Å². The van der Waals surface area contributed by atoms with Crippen LogP contribution in [0.15, 0.2) is 53.4 Å². The van der Waals surface area contributed by atoms with Gasteiger partial charge in [0.15, 0.2) is 0 Å². The van der Waals surface area contributed by atoms with Crippen LogP contribution in [0, 0.1) is 0 Å². The van der Waals surface area contributed by atoms with Crippen molar-refractivity contribution in [3.05, 3.63) is 59.7 Å². The molecule has 0 bridgehead atoms. The third-order valence-corrected chi connectivity index (χ3v) is 7.53. The van der Waals surface area contributed by atoms with Crippen molar-refractivity contribution < 1.29 is 29.7 Å². The summed E-state index contributed by atoms with van der Waals surface area (Å²) >= 11 is 1.40. The molecule has 2 atom stereocenters. The number of anilines is 1. The van der Waals surface area contributed by atoms with Crippen molar-refractivity contribution in [3.63, 3.8) is 0 Å². The molecule has 0 heterocycles. The molecule has 0 aliphatic heterocycles. The molecule has 2 aromatic rings. The minimum absolute atomic E-state index is 0. The van der Waals surface area contributed by atoms with Gasteiger partial charge in [0.25, 0.3) is 0 Å². The molecule has 0 saturated carbocycles. The number of aliphatic hydroxyl groups excluding tert-OH is 1. The summed E-state index contributed by atoms with van der Waals surface area (Å²) < 4.78 is 0. The number of carboxylic acids is 2. The Bertz CT molecular complexity index is 1010. The van der Waals surface area contributed by atoms with Gasteiger partial charge in [0, 0.05) is 17.0 Å².